The van der Waals surface area contributed by atoms with Crippen molar-refractivity contribution < 1.29 is 19.4 Å². The van der Waals surface area contributed by atoms with Crippen molar-refractivity contribution in [3.8, 4) is 5.75 Å². The van der Waals surface area contributed by atoms with Crippen molar-refractivity contribution in [2.75, 3.05) is 23.9 Å². The lowest BCUT2D eigenvalue weighted by Crippen LogP contribution is -2.30. The van der Waals surface area contributed by atoms with Crippen LogP contribution < -0.4 is 14.5 Å². The molecule has 1 atom stereocenters. The number of nitrogens with zero attached hydrogens (tertiary/aromatic N) is 3. The minimum atomic E-state index is -0.900. The third kappa shape index (κ3) is 5.19. The normalized spacial score (nSPS) is 16.1. The Hall–Kier alpha value is -5.37. The zero-order chi connectivity index (χ0) is 31.1. The molecule has 44 heavy (non-hydrogen) atoms. The standard InChI is InChI=1S/C36H34N4O4/c1-21-18-28-29(19-22(21)2)38-36(37-28)40-32(25-11-14-27(15-12-25)39(4)5)31(34(42)35(40)43)33(41)26-13-16-30(23(3)17-26)44-20-24-9-7-6-8-10-24/h6-19,32,41H,20H2,1-5H3,(H,37,38)/b33-31+. The van der Waals surface area contributed by atoms with Crippen molar-refractivity contribution in [3.63, 3.8) is 0 Å². The average Bonchev–Trinajstić information content (AvgIpc) is 3.53. The third-order valence-electron chi connectivity index (χ3n) is 8.17. The minimum absolute atomic E-state index is 0.00206. The van der Waals surface area contributed by atoms with Crippen LogP contribution in [0.2, 0.25) is 0 Å². The number of hydrogen-bond donors (Lipinski definition) is 2. The number of amides is 1. The Morgan fingerprint density at radius 3 is 2.30 bits per heavy atom. The minimum Gasteiger partial charge on any atom is -0.507 e. The van der Waals surface area contributed by atoms with Gasteiger partial charge in [-0.1, -0.05) is 42.5 Å². The van der Waals surface area contributed by atoms with Gasteiger partial charge in [0.2, 0.25) is 5.95 Å². The van der Waals surface area contributed by atoms with Crippen molar-refractivity contribution in [2.45, 2.75) is 33.4 Å². The summed E-state index contributed by atoms with van der Waals surface area (Å²) in [6, 6.07) is 25.7. The SMILES string of the molecule is Cc1cc2nc(N3C(=O)C(=O)/C(=C(/O)c4ccc(OCc5ccccc5)c(C)c4)C3c3ccc(N(C)C)cc3)[nH]c2cc1C. The molecule has 5 aromatic rings. The van der Waals surface area contributed by atoms with E-state index >= 15 is 0 Å². The number of aromatic amines is 1. The largest absolute Gasteiger partial charge is 0.507 e. The molecule has 4 aromatic carbocycles. The van der Waals surface area contributed by atoms with Crippen molar-refractivity contribution >= 4 is 40.1 Å². The van der Waals surface area contributed by atoms with E-state index in [0.717, 1.165) is 33.5 Å². The topological polar surface area (TPSA) is 98.8 Å². The number of imidazole rings is 1. The van der Waals surface area contributed by atoms with E-state index in [0.29, 0.717) is 29.0 Å². The van der Waals surface area contributed by atoms with Crippen molar-refractivity contribution in [1.29, 1.82) is 0 Å². The molecule has 1 aromatic heterocycles. The van der Waals surface area contributed by atoms with Gasteiger partial charge in [-0.25, -0.2) is 4.98 Å². The number of H-pyrrole nitrogens is 1. The van der Waals surface area contributed by atoms with E-state index in [2.05, 4.69) is 4.98 Å². The van der Waals surface area contributed by atoms with Crippen LogP contribution in [0.1, 0.15) is 39.4 Å². The Morgan fingerprint density at radius 1 is 0.909 bits per heavy atom. The lowest BCUT2D eigenvalue weighted by molar-refractivity contribution is -0.132. The van der Waals surface area contributed by atoms with Crippen molar-refractivity contribution in [2.24, 2.45) is 0 Å². The van der Waals surface area contributed by atoms with Gasteiger partial charge < -0.3 is 19.7 Å². The van der Waals surface area contributed by atoms with Crippen molar-refractivity contribution in [1.82, 2.24) is 9.97 Å². The molecule has 0 aliphatic carbocycles. The quantitative estimate of drug-likeness (QED) is 0.124. The zero-order valence-corrected chi connectivity index (χ0v) is 25.4. The summed E-state index contributed by atoms with van der Waals surface area (Å²) in [5, 5.41) is 11.7. The van der Waals surface area contributed by atoms with Crippen LogP contribution in [0, 0.1) is 20.8 Å². The lowest BCUT2D eigenvalue weighted by Gasteiger charge is -2.24. The molecule has 0 radical (unpaired) electrons. The number of carbonyl (C=O) groups is 2. The molecule has 0 bridgehead atoms. The predicted molar refractivity (Wildman–Crippen MR) is 173 cm³/mol. The Labute approximate surface area is 256 Å². The lowest BCUT2D eigenvalue weighted by atomic mass is 9.94. The Bertz CT molecular complexity index is 1880. The molecular weight excluding hydrogens is 552 g/mol. The van der Waals surface area contributed by atoms with E-state index in [9.17, 15) is 14.7 Å². The monoisotopic (exact) mass is 586 g/mol. The highest BCUT2D eigenvalue weighted by Gasteiger charge is 2.48. The Morgan fingerprint density at radius 2 is 1.61 bits per heavy atom. The smallest absolute Gasteiger partial charge is 0.302 e. The molecule has 0 saturated carbocycles. The fourth-order valence-electron chi connectivity index (χ4n) is 5.54. The Balaban J connectivity index is 1.43. The maximum absolute atomic E-state index is 13.7. The number of ether oxygens (including phenoxy) is 1. The molecule has 8 heteroatoms. The highest BCUT2D eigenvalue weighted by atomic mass is 16.5. The van der Waals surface area contributed by atoms with Gasteiger partial charge in [0.05, 0.1) is 22.6 Å². The molecule has 2 N–H and O–H groups in total. The number of aliphatic hydroxyl groups excluding tert-OH is 1. The van der Waals surface area contributed by atoms with E-state index in [-0.39, 0.29) is 17.3 Å². The number of aryl methyl sites for hydroxylation is 3. The summed E-state index contributed by atoms with van der Waals surface area (Å²) in [6.45, 7) is 6.29. The van der Waals surface area contributed by atoms with Gasteiger partial charge in [-0.05, 0) is 91.1 Å². The van der Waals surface area contributed by atoms with Crippen LogP contribution >= 0.6 is 0 Å². The van der Waals surface area contributed by atoms with E-state index in [4.69, 9.17) is 9.72 Å². The molecule has 1 amide bonds. The van der Waals surface area contributed by atoms with Crippen LogP contribution in [-0.2, 0) is 16.2 Å². The van der Waals surface area contributed by atoms with Crippen LogP contribution in [0.5, 0.6) is 5.75 Å². The van der Waals surface area contributed by atoms with Crippen LogP contribution in [-0.4, -0.2) is 40.9 Å². The van der Waals surface area contributed by atoms with Gasteiger partial charge >= 0.3 is 5.91 Å². The number of ketones is 1. The summed E-state index contributed by atoms with van der Waals surface area (Å²) >= 11 is 0. The molecule has 1 unspecified atom stereocenters. The van der Waals surface area contributed by atoms with Gasteiger partial charge in [0.25, 0.3) is 5.78 Å². The van der Waals surface area contributed by atoms with E-state index in [1.165, 1.54) is 4.90 Å². The summed E-state index contributed by atoms with van der Waals surface area (Å²) in [6.07, 6.45) is 0. The molecule has 1 aliphatic rings. The number of hydrogen-bond acceptors (Lipinski definition) is 6. The zero-order valence-electron chi connectivity index (χ0n) is 25.4. The number of aliphatic hydroxyl groups is 1. The van der Waals surface area contributed by atoms with Gasteiger partial charge in [-0.2, -0.15) is 0 Å². The second-order valence-corrected chi connectivity index (χ2v) is 11.4. The highest BCUT2D eigenvalue weighted by Crippen LogP contribution is 2.42. The van der Waals surface area contributed by atoms with Crippen molar-refractivity contribution in [3.05, 3.63) is 124 Å². The number of nitrogens with one attached hydrogen (secondary N) is 1. The average molecular weight is 587 g/mol. The molecule has 8 nitrogen and oxygen atoms in total. The first-order chi connectivity index (χ1) is 21.1. The molecule has 1 aliphatic heterocycles. The first kappa shape index (κ1) is 28.7. The fourth-order valence-corrected chi connectivity index (χ4v) is 5.54. The fraction of sp³-hybridized carbons (Fsp3) is 0.194. The van der Waals surface area contributed by atoms with E-state index in [1.807, 2.05) is 106 Å². The highest BCUT2D eigenvalue weighted by molar-refractivity contribution is 6.51. The second-order valence-electron chi connectivity index (χ2n) is 11.4. The third-order valence-corrected chi connectivity index (χ3v) is 8.17. The first-order valence-electron chi connectivity index (χ1n) is 14.5. The molecule has 0 spiro atoms. The summed E-state index contributed by atoms with van der Waals surface area (Å²) < 4.78 is 6.02. The summed E-state index contributed by atoms with van der Waals surface area (Å²) in [4.78, 5) is 38.7. The van der Waals surface area contributed by atoms with Crippen LogP contribution in [0.25, 0.3) is 16.8 Å². The number of rotatable bonds is 7. The first-order valence-corrected chi connectivity index (χ1v) is 14.5. The molecule has 6 rings (SSSR count). The predicted octanol–water partition coefficient (Wildman–Crippen LogP) is 6.76. The maximum atomic E-state index is 13.7. The maximum Gasteiger partial charge on any atom is 0.302 e. The summed E-state index contributed by atoms with van der Waals surface area (Å²) in [5.41, 5.74) is 7.46. The number of aromatic nitrogens is 2. The van der Waals surface area contributed by atoms with Gasteiger partial charge in [0.1, 0.15) is 18.1 Å². The Kier molecular flexibility index (Phi) is 7.43. The van der Waals surface area contributed by atoms with Gasteiger partial charge in [-0.3, -0.25) is 14.5 Å². The summed E-state index contributed by atoms with van der Waals surface area (Å²) in [7, 11) is 3.88. The molecule has 1 saturated heterocycles. The number of fused-ring (bicyclic) bond motifs is 1. The molecule has 2 heterocycles. The van der Waals surface area contributed by atoms with Crippen LogP contribution in [0.15, 0.2) is 90.5 Å². The number of benzene rings is 4. The number of carbonyl (C=O) groups excluding carboxylic acids is 2. The van der Waals surface area contributed by atoms with Crippen LogP contribution in [0.4, 0.5) is 11.6 Å². The number of anilines is 2. The van der Waals surface area contributed by atoms with Crippen LogP contribution in [0.3, 0.4) is 0 Å². The summed E-state index contributed by atoms with van der Waals surface area (Å²) in [5.74, 6) is -0.893. The molecule has 222 valence electrons. The molecule has 1 fully saturated rings. The number of Topliss-reactive ketones (excluding diaryl/α,β-unsaturated/α-hetero) is 1. The van der Waals surface area contributed by atoms with E-state index in [1.54, 1.807) is 18.2 Å². The second kappa shape index (κ2) is 11.4. The van der Waals surface area contributed by atoms with Gasteiger partial charge in [0, 0.05) is 25.3 Å². The van der Waals surface area contributed by atoms with Gasteiger partial charge in [0.15, 0.2) is 0 Å². The van der Waals surface area contributed by atoms with E-state index < -0.39 is 17.7 Å². The molecular formula is C36H34N4O4. The van der Waals surface area contributed by atoms with Gasteiger partial charge in [-0.15, -0.1) is 0 Å².